The number of rotatable bonds is 0. The van der Waals surface area contributed by atoms with Crippen molar-refractivity contribution in [1.29, 1.82) is 0 Å². The predicted molar refractivity (Wildman–Crippen MR) is 124 cm³/mol. The van der Waals surface area contributed by atoms with Gasteiger partial charge in [-0.05, 0) is 38.5 Å². The molecule has 4 aliphatic rings. The van der Waals surface area contributed by atoms with Crippen LogP contribution >= 0.6 is 0 Å². The van der Waals surface area contributed by atoms with Crippen molar-refractivity contribution in [2.45, 2.75) is 38.5 Å². The Morgan fingerprint density at radius 1 is 0.433 bits per heavy atom. The number of benzene rings is 2. The Balaban J connectivity index is 0.000000165. The van der Waals surface area contributed by atoms with Crippen LogP contribution in [0.15, 0.2) is 48.5 Å². The molecule has 0 unspecified atom stereocenters. The molecule has 2 aromatic rings. The molecule has 30 heavy (non-hydrogen) atoms. The first-order chi connectivity index (χ1) is 14.4. The first-order valence-electron chi connectivity index (χ1n) is 11.0. The van der Waals surface area contributed by atoms with Gasteiger partial charge in [0.2, 0.25) is 0 Å². The van der Waals surface area contributed by atoms with Crippen LogP contribution < -0.4 is 0 Å². The molecule has 0 bridgehead atoms. The van der Waals surface area contributed by atoms with E-state index in [0.29, 0.717) is 0 Å². The first kappa shape index (κ1) is 25.1. The number of ether oxygens (including phenoxy) is 3. The fourth-order valence-corrected chi connectivity index (χ4v) is 3.41. The Kier molecular flexibility index (Phi) is 13.0. The van der Waals surface area contributed by atoms with Gasteiger partial charge in [0, 0.05) is 39.6 Å². The SMILES string of the molecule is C1CCOC1.C1CCOC1.C1CCOC1.[Mg+2].c1ccc2c(c1)[CH-]c1ccccc1[CH-]2. The molecular formula is C26H34MgO3. The molecule has 4 heteroatoms. The van der Waals surface area contributed by atoms with Gasteiger partial charge in [-0.2, -0.15) is 59.4 Å². The van der Waals surface area contributed by atoms with Crippen LogP contribution in [0.4, 0.5) is 0 Å². The minimum atomic E-state index is 0. The average Bonchev–Trinajstić information content (AvgIpc) is 3.59. The Labute approximate surface area is 198 Å². The maximum absolute atomic E-state index is 4.94. The van der Waals surface area contributed by atoms with Crippen molar-refractivity contribution in [1.82, 2.24) is 0 Å². The van der Waals surface area contributed by atoms with E-state index in [9.17, 15) is 0 Å². The second-order valence-corrected chi connectivity index (χ2v) is 7.50. The van der Waals surface area contributed by atoms with E-state index in [1.54, 1.807) is 0 Å². The molecule has 0 aromatic heterocycles. The van der Waals surface area contributed by atoms with Crippen LogP contribution in [0.25, 0.3) is 0 Å². The molecular weight excluding hydrogens is 385 g/mol. The fraction of sp³-hybridized carbons (Fsp3) is 0.462. The van der Waals surface area contributed by atoms with Gasteiger partial charge in [0.25, 0.3) is 0 Å². The molecule has 158 valence electrons. The van der Waals surface area contributed by atoms with Gasteiger partial charge in [0.15, 0.2) is 0 Å². The predicted octanol–water partition coefficient (Wildman–Crippen LogP) is 5.21. The van der Waals surface area contributed by atoms with Crippen molar-refractivity contribution < 1.29 is 14.2 Å². The van der Waals surface area contributed by atoms with Gasteiger partial charge < -0.3 is 14.2 Å². The molecule has 6 rings (SSSR count). The van der Waals surface area contributed by atoms with E-state index in [1.165, 1.54) is 60.8 Å². The third-order valence-electron chi connectivity index (χ3n) is 5.10. The molecule has 3 saturated heterocycles. The minimum Gasteiger partial charge on any atom is -0.381 e. The molecule has 0 amide bonds. The summed E-state index contributed by atoms with van der Waals surface area (Å²) in [6, 6.07) is 16.9. The van der Waals surface area contributed by atoms with E-state index in [2.05, 4.69) is 61.4 Å². The van der Waals surface area contributed by atoms with E-state index in [4.69, 9.17) is 14.2 Å². The number of hydrogen-bond donors (Lipinski definition) is 0. The van der Waals surface area contributed by atoms with Gasteiger partial charge >= 0.3 is 23.1 Å². The smallest absolute Gasteiger partial charge is 0.381 e. The van der Waals surface area contributed by atoms with E-state index >= 15 is 0 Å². The molecule has 1 aliphatic carbocycles. The van der Waals surface area contributed by atoms with Crippen molar-refractivity contribution in [3.8, 4) is 0 Å². The second-order valence-electron chi connectivity index (χ2n) is 7.50. The fourth-order valence-electron chi connectivity index (χ4n) is 3.41. The summed E-state index contributed by atoms with van der Waals surface area (Å²) < 4.78 is 14.8. The van der Waals surface area contributed by atoms with E-state index < -0.39 is 0 Å². The minimum absolute atomic E-state index is 0. The summed E-state index contributed by atoms with van der Waals surface area (Å²) in [6.45, 7) is 6.00. The summed E-state index contributed by atoms with van der Waals surface area (Å²) in [4.78, 5) is 0. The normalized spacial score (nSPS) is 17.6. The van der Waals surface area contributed by atoms with Gasteiger partial charge in [0.1, 0.15) is 0 Å². The van der Waals surface area contributed by atoms with Crippen LogP contribution in [-0.2, 0) is 14.2 Å². The summed E-state index contributed by atoms with van der Waals surface area (Å²) >= 11 is 0. The van der Waals surface area contributed by atoms with Crippen molar-refractivity contribution in [3.63, 3.8) is 0 Å². The molecule has 3 fully saturated rings. The summed E-state index contributed by atoms with van der Waals surface area (Å²) in [5, 5.41) is 0. The van der Waals surface area contributed by atoms with Gasteiger partial charge in [-0.25, -0.2) is 0 Å². The Hall–Kier alpha value is -1.17. The zero-order chi connectivity index (χ0) is 20.0. The quantitative estimate of drug-likeness (QED) is 0.370. The molecule has 3 aliphatic heterocycles. The van der Waals surface area contributed by atoms with E-state index in [1.807, 2.05) is 0 Å². The molecule has 0 radical (unpaired) electrons. The van der Waals surface area contributed by atoms with Gasteiger partial charge in [0.05, 0.1) is 0 Å². The zero-order valence-electron chi connectivity index (χ0n) is 18.2. The van der Waals surface area contributed by atoms with E-state index in [-0.39, 0.29) is 23.1 Å². The van der Waals surface area contributed by atoms with Gasteiger partial charge in [-0.1, -0.05) is 0 Å². The van der Waals surface area contributed by atoms with Crippen molar-refractivity contribution in [2.24, 2.45) is 0 Å². The average molecular weight is 419 g/mol. The van der Waals surface area contributed by atoms with Crippen molar-refractivity contribution >= 4 is 23.1 Å². The molecule has 0 N–H and O–H groups in total. The maximum Gasteiger partial charge on any atom is 2.00 e. The molecule has 3 heterocycles. The monoisotopic (exact) mass is 418 g/mol. The van der Waals surface area contributed by atoms with Crippen molar-refractivity contribution in [2.75, 3.05) is 39.6 Å². The number of fused-ring (bicyclic) bond motifs is 2. The zero-order valence-corrected chi connectivity index (χ0v) is 19.6. The molecule has 0 atom stereocenters. The number of hydrogen-bond acceptors (Lipinski definition) is 3. The van der Waals surface area contributed by atoms with Gasteiger partial charge in [-0.15, -0.1) is 24.3 Å². The third-order valence-corrected chi connectivity index (χ3v) is 5.10. The first-order valence-corrected chi connectivity index (χ1v) is 11.0. The molecule has 0 spiro atoms. The summed E-state index contributed by atoms with van der Waals surface area (Å²) in [7, 11) is 0. The largest absolute Gasteiger partial charge is 2.00 e. The van der Waals surface area contributed by atoms with Crippen LogP contribution in [0.5, 0.6) is 0 Å². The Bertz CT molecular complexity index is 558. The molecule has 3 nitrogen and oxygen atoms in total. The van der Waals surface area contributed by atoms with Crippen LogP contribution in [0.1, 0.15) is 60.8 Å². The molecule has 2 aromatic carbocycles. The standard InChI is InChI=1S/C14H10.3C4H8O.Mg/c1-2-6-12-10-14-8-4-3-7-13(14)9-11(12)5-1;3*1-2-4-5-3-1;/h1-10H;3*1-4H2;/q-2;;;;+2. The van der Waals surface area contributed by atoms with Crippen molar-refractivity contribution in [3.05, 3.63) is 83.6 Å². The van der Waals surface area contributed by atoms with E-state index in [0.717, 1.165) is 39.6 Å². The molecule has 0 saturated carbocycles. The van der Waals surface area contributed by atoms with Crippen LogP contribution in [0, 0.1) is 12.8 Å². The summed E-state index contributed by atoms with van der Waals surface area (Å²) in [6.07, 6.45) is 12.1. The Morgan fingerprint density at radius 2 is 0.667 bits per heavy atom. The van der Waals surface area contributed by atoms with Gasteiger partial charge in [-0.3, -0.25) is 0 Å². The second kappa shape index (κ2) is 15.6. The van der Waals surface area contributed by atoms with Crippen LogP contribution in [-0.4, -0.2) is 62.7 Å². The van der Waals surface area contributed by atoms with Crippen LogP contribution in [0.3, 0.4) is 0 Å². The Morgan fingerprint density at radius 3 is 0.833 bits per heavy atom. The van der Waals surface area contributed by atoms with Crippen LogP contribution in [0.2, 0.25) is 0 Å². The third kappa shape index (κ3) is 9.32. The topological polar surface area (TPSA) is 27.7 Å². The maximum atomic E-state index is 4.94. The summed E-state index contributed by atoms with van der Waals surface area (Å²) in [5.74, 6) is 0. The summed E-state index contributed by atoms with van der Waals surface area (Å²) in [5.41, 5.74) is 5.25.